The normalized spacial score (nSPS) is 11.3. The molecule has 3 rings (SSSR count). The predicted octanol–water partition coefficient (Wildman–Crippen LogP) is 3.49. The van der Waals surface area contributed by atoms with Gasteiger partial charge in [0.1, 0.15) is 11.5 Å². The van der Waals surface area contributed by atoms with Gasteiger partial charge < -0.3 is 14.3 Å². The summed E-state index contributed by atoms with van der Waals surface area (Å²) in [6, 6.07) is 10.3. The predicted molar refractivity (Wildman–Crippen MR) is 84.3 cm³/mol. The van der Waals surface area contributed by atoms with E-state index in [-0.39, 0.29) is 0 Å². The van der Waals surface area contributed by atoms with Crippen molar-refractivity contribution in [2.75, 3.05) is 6.54 Å². The molecule has 0 radical (unpaired) electrons. The Morgan fingerprint density at radius 2 is 2.14 bits per heavy atom. The van der Waals surface area contributed by atoms with Crippen molar-refractivity contribution in [3.05, 3.63) is 53.7 Å². The van der Waals surface area contributed by atoms with Gasteiger partial charge in [-0.2, -0.15) is 0 Å². The number of furan rings is 1. The minimum atomic E-state index is 0.717. The molecule has 1 N–H and O–H groups in total. The molecule has 2 aromatic heterocycles. The molecule has 0 aliphatic carbocycles. The van der Waals surface area contributed by atoms with Crippen LogP contribution in [-0.2, 0) is 13.1 Å². The second kappa shape index (κ2) is 6.14. The van der Waals surface area contributed by atoms with Gasteiger partial charge in [0.25, 0.3) is 0 Å². The van der Waals surface area contributed by atoms with Crippen molar-refractivity contribution in [1.29, 1.82) is 0 Å². The van der Waals surface area contributed by atoms with Crippen molar-refractivity contribution in [3.8, 4) is 0 Å². The zero-order valence-electron chi connectivity index (χ0n) is 12.6. The number of aryl methyl sites for hydroxylation is 1. The summed E-state index contributed by atoms with van der Waals surface area (Å²) in [5.41, 5.74) is 3.36. The minimum absolute atomic E-state index is 0.717. The third-order valence-corrected chi connectivity index (χ3v) is 3.64. The molecule has 21 heavy (non-hydrogen) atoms. The number of nitrogens with one attached hydrogen (secondary N) is 1. The molecule has 4 heteroatoms. The SMILES string of the molecule is CCCNCc1oc(Cn2cnc3ccccc32)cc1C. The van der Waals surface area contributed by atoms with Crippen molar-refractivity contribution < 1.29 is 4.42 Å². The monoisotopic (exact) mass is 283 g/mol. The van der Waals surface area contributed by atoms with Crippen LogP contribution < -0.4 is 5.32 Å². The average Bonchev–Trinajstić information content (AvgIpc) is 3.05. The fourth-order valence-corrected chi connectivity index (χ4v) is 2.53. The topological polar surface area (TPSA) is 43.0 Å². The van der Waals surface area contributed by atoms with E-state index in [9.17, 15) is 0 Å². The summed E-state index contributed by atoms with van der Waals surface area (Å²) < 4.78 is 8.09. The molecule has 0 spiro atoms. The number of para-hydroxylation sites is 2. The molecule has 0 fully saturated rings. The highest BCUT2D eigenvalue weighted by molar-refractivity contribution is 5.74. The minimum Gasteiger partial charge on any atom is -0.463 e. The number of aromatic nitrogens is 2. The van der Waals surface area contributed by atoms with Gasteiger partial charge in [-0.25, -0.2) is 4.98 Å². The molecule has 0 aliphatic rings. The maximum atomic E-state index is 5.97. The number of nitrogens with zero attached hydrogens (tertiary/aromatic N) is 2. The van der Waals surface area contributed by atoms with Crippen LogP contribution in [0.25, 0.3) is 11.0 Å². The lowest BCUT2D eigenvalue weighted by Gasteiger charge is -2.02. The standard InChI is InChI=1S/C17H21N3O/c1-3-8-18-10-17-13(2)9-14(21-17)11-20-12-19-15-6-4-5-7-16(15)20/h4-7,9,12,18H,3,8,10-11H2,1-2H3. The van der Waals surface area contributed by atoms with Gasteiger partial charge in [0.15, 0.2) is 0 Å². The van der Waals surface area contributed by atoms with Crippen molar-refractivity contribution in [1.82, 2.24) is 14.9 Å². The number of hydrogen-bond acceptors (Lipinski definition) is 3. The zero-order chi connectivity index (χ0) is 14.7. The maximum absolute atomic E-state index is 5.97. The van der Waals surface area contributed by atoms with Gasteiger partial charge in [-0.05, 0) is 43.7 Å². The Balaban J connectivity index is 1.77. The highest BCUT2D eigenvalue weighted by Gasteiger charge is 2.09. The van der Waals surface area contributed by atoms with Crippen LogP contribution in [0, 0.1) is 6.92 Å². The number of imidazole rings is 1. The van der Waals surface area contributed by atoms with Crippen LogP contribution in [0.4, 0.5) is 0 Å². The Morgan fingerprint density at radius 1 is 1.29 bits per heavy atom. The first-order valence-corrected chi connectivity index (χ1v) is 7.46. The fourth-order valence-electron chi connectivity index (χ4n) is 2.53. The zero-order valence-corrected chi connectivity index (χ0v) is 12.6. The van der Waals surface area contributed by atoms with Gasteiger partial charge in [0, 0.05) is 0 Å². The Kier molecular flexibility index (Phi) is 4.06. The van der Waals surface area contributed by atoms with E-state index < -0.39 is 0 Å². The average molecular weight is 283 g/mol. The largest absolute Gasteiger partial charge is 0.463 e. The first-order chi connectivity index (χ1) is 10.3. The highest BCUT2D eigenvalue weighted by Crippen LogP contribution is 2.18. The second-order valence-electron chi connectivity index (χ2n) is 5.36. The van der Waals surface area contributed by atoms with Gasteiger partial charge in [0.2, 0.25) is 0 Å². The summed E-state index contributed by atoms with van der Waals surface area (Å²) in [6.45, 7) is 6.79. The van der Waals surface area contributed by atoms with Crippen LogP contribution >= 0.6 is 0 Å². The van der Waals surface area contributed by atoms with E-state index in [2.05, 4.69) is 40.8 Å². The molecular weight excluding hydrogens is 262 g/mol. The molecule has 3 aromatic rings. The highest BCUT2D eigenvalue weighted by atomic mass is 16.3. The van der Waals surface area contributed by atoms with Crippen molar-refractivity contribution in [3.63, 3.8) is 0 Å². The van der Waals surface area contributed by atoms with Crippen LogP contribution in [0.15, 0.2) is 41.1 Å². The van der Waals surface area contributed by atoms with E-state index in [0.29, 0.717) is 0 Å². The van der Waals surface area contributed by atoms with E-state index >= 15 is 0 Å². The van der Waals surface area contributed by atoms with E-state index in [1.165, 1.54) is 5.56 Å². The smallest absolute Gasteiger partial charge is 0.124 e. The first-order valence-electron chi connectivity index (χ1n) is 7.46. The maximum Gasteiger partial charge on any atom is 0.124 e. The molecule has 0 unspecified atom stereocenters. The van der Waals surface area contributed by atoms with E-state index in [1.807, 2.05) is 24.5 Å². The Hall–Kier alpha value is -2.07. The van der Waals surface area contributed by atoms with Gasteiger partial charge in [-0.15, -0.1) is 0 Å². The lowest BCUT2D eigenvalue weighted by atomic mass is 10.2. The Bertz CT molecular complexity index is 727. The van der Waals surface area contributed by atoms with Crippen LogP contribution in [0.5, 0.6) is 0 Å². The third-order valence-electron chi connectivity index (χ3n) is 3.64. The summed E-state index contributed by atoms with van der Waals surface area (Å²) in [4.78, 5) is 4.41. The Labute approximate surface area is 124 Å². The van der Waals surface area contributed by atoms with Crippen molar-refractivity contribution in [2.45, 2.75) is 33.4 Å². The lowest BCUT2D eigenvalue weighted by molar-refractivity contribution is 0.437. The Morgan fingerprint density at radius 3 is 3.00 bits per heavy atom. The third kappa shape index (κ3) is 3.00. The molecule has 110 valence electrons. The summed E-state index contributed by atoms with van der Waals surface area (Å²) in [5, 5.41) is 3.38. The molecule has 0 aliphatic heterocycles. The van der Waals surface area contributed by atoms with Crippen LogP contribution in [0.3, 0.4) is 0 Å². The number of benzene rings is 1. The summed E-state index contributed by atoms with van der Waals surface area (Å²) in [6.07, 6.45) is 3.01. The molecule has 2 heterocycles. The summed E-state index contributed by atoms with van der Waals surface area (Å²) >= 11 is 0. The molecule has 0 amide bonds. The van der Waals surface area contributed by atoms with Crippen LogP contribution in [-0.4, -0.2) is 16.1 Å². The summed E-state index contributed by atoms with van der Waals surface area (Å²) in [5.74, 6) is 2.01. The quantitative estimate of drug-likeness (QED) is 0.704. The molecule has 0 saturated carbocycles. The number of rotatable bonds is 6. The number of fused-ring (bicyclic) bond motifs is 1. The number of hydrogen-bond donors (Lipinski definition) is 1. The first kappa shape index (κ1) is 13.9. The van der Waals surface area contributed by atoms with E-state index in [0.717, 1.165) is 48.6 Å². The van der Waals surface area contributed by atoms with Gasteiger partial charge >= 0.3 is 0 Å². The fraction of sp³-hybridized carbons (Fsp3) is 0.353. The van der Waals surface area contributed by atoms with Crippen LogP contribution in [0.1, 0.15) is 30.4 Å². The molecule has 1 aromatic carbocycles. The summed E-state index contributed by atoms with van der Waals surface area (Å²) in [7, 11) is 0. The van der Waals surface area contributed by atoms with E-state index in [4.69, 9.17) is 4.42 Å². The lowest BCUT2D eigenvalue weighted by Crippen LogP contribution is -2.13. The molecule has 4 nitrogen and oxygen atoms in total. The van der Waals surface area contributed by atoms with Gasteiger partial charge in [-0.3, -0.25) is 0 Å². The van der Waals surface area contributed by atoms with Gasteiger partial charge in [0.05, 0.1) is 30.5 Å². The molecule has 0 saturated heterocycles. The van der Waals surface area contributed by atoms with Gasteiger partial charge in [-0.1, -0.05) is 19.1 Å². The van der Waals surface area contributed by atoms with Crippen molar-refractivity contribution >= 4 is 11.0 Å². The van der Waals surface area contributed by atoms with Crippen LogP contribution in [0.2, 0.25) is 0 Å². The molecule has 0 atom stereocenters. The molecule has 0 bridgehead atoms. The van der Waals surface area contributed by atoms with E-state index in [1.54, 1.807) is 0 Å². The second-order valence-corrected chi connectivity index (χ2v) is 5.36. The van der Waals surface area contributed by atoms with Crippen molar-refractivity contribution in [2.24, 2.45) is 0 Å². The molecular formula is C17H21N3O.